The van der Waals surface area contributed by atoms with Crippen LogP contribution in [0, 0.1) is 0 Å². The number of benzene rings is 21. The fraction of sp³-hybridized carbons (Fsp3) is 0. The summed E-state index contributed by atoms with van der Waals surface area (Å²) < 4.78 is 20.5. The van der Waals surface area contributed by atoms with Gasteiger partial charge in [-0.25, -0.2) is 24.9 Å². The molecule has 11 nitrogen and oxygen atoms in total. The molecule has 694 valence electrons. The van der Waals surface area contributed by atoms with Gasteiger partial charge in [0.1, 0.15) is 33.5 Å². The fourth-order valence-corrected chi connectivity index (χ4v) is 21.8. The highest BCUT2D eigenvalue weighted by atomic mass is 16.3. The van der Waals surface area contributed by atoms with Crippen molar-refractivity contribution in [1.29, 1.82) is 0 Å². The normalized spacial score (nSPS) is 11.6. The van der Waals surface area contributed by atoms with Crippen LogP contribution in [0.1, 0.15) is 0 Å². The quantitative estimate of drug-likeness (QED) is 0.102. The molecule has 21 aromatic carbocycles. The number of furan rings is 3. The van der Waals surface area contributed by atoms with Crippen molar-refractivity contribution in [2.45, 2.75) is 0 Å². The molecule has 11 heteroatoms. The molecule has 0 N–H and O–H groups in total. The van der Waals surface area contributed by atoms with Crippen LogP contribution < -0.4 is 0 Å². The van der Waals surface area contributed by atoms with Crippen molar-refractivity contribution in [3.05, 3.63) is 510 Å². The molecule has 0 saturated carbocycles. The fourth-order valence-electron chi connectivity index (χ4n) is 21.8. The molecule has 0 fully saturated rings. The molecular weight excluding hydrogens is 1820 g/mol. The first-order valence-corrected chi connectivity index (χ1v) is 50.1. The third kappa shape index (κ3) is 15.6. The summed E-state index contributed by atoms with van der Waals surface area (Å²) in [6.45, 7) is 0. The van der Waals surface area contributed by atoms with Crippen LogP contribution in [0.4, 0.5) is 0 Å². The van der Waals surface area contributed by atoms with Gasteiger partial charge >= 0.3 is 0 Å². The number of aromatic nitrogens is 8. The molecule has 9 heterocycles. The van der Waals surface area contributed by atoms with Gasteiger partial charge in [0.25, 0.3) is 0 Å². The molecule has 0 aliphatic heterocycles. The van der Waals surface area contributed by atoms with Gasteiger partial charge in [0.15, 0.2) is 17.5 Å². The number of para-hydroxylation sites is 3. The number of hydrogen-bond donors (Lipinski definition) is 0. The Morgan fingerprint density at radius 2 is 0.463 bits per heavy atom. The summed E-state index contributed by atoms with van der Waals surface area (Å²) in [6, 6.07) is 172. The Labute approximate surface area is 855 Å². The van der Waals surface area contributed by atoms with Gasteiger partial charge in [0.2, 0.25) is 0 Å². The minimum Gasteiger partial charge on any atom is -0.455 e. The van der Waals surface area contributed by atoms with E-state index in [-0.39, 0.29) is 0 Å². The molecule has 0 aliphatic rings. The summed E-state index contributed by atoms with van der Waals surface area (Å²) in [6.07, 6.45) is 5.43. The predicted octanol–water partition coefficient (Wildman–Crippen LogP) is 36.8. The summed E-state index contributed by atoms with van der Waals surface area (Å²) in [7, 11) is 0. The Morgan fingerprint density at radius 3 is 0.980 bits per heavy atom. The van der Waals surface area contributed by atoms with Gasteiger partial charge in [0, 0.05) is 117 Å². The van der Waals surface area contributed by atoms with Gasteiger partial charge in [-0.3, -0.25) is 15.0 Å². The van der Waals surface area contributed by atoms with Gasteiger partial charge in [0.05, 0.1) is 39.5 Å². The molecule has 30 aromatic rings. The van der Waals surface area contributed by atoms with Gasteiger partial charge in [-0.15, -0.1) is 0 Å². The van der Waals surface area contributed by atoms with E-state index in [9.17, 15) is 0 Å². The molecule has 0 atom stereocenters. The van der Waals surface area contributed by atoms with Crippen LogP contribution in [0.25, 0.3) is 298 Å². The topological polar surface area (TPSA) is 143 Å². The molecule has 0 amide bonds. The zero-order valence-corrected chi connectivity index (χ0v) is 80.3. The Hall–Kier alpha value is -20.1. The molecule has 0 bridgehead atoms. The van der Waals surface area contributed by atoms with E-state index in [2.05, 4.69) is 403 Å². The van der Waals surface area contributed by atoms with Crippen molar-refractivity contribution >= 4 is 152 Å². The first-order chi connectivity index (χ1) is 73.8. The van der Waals surface area contributed by atoms with E-state index in [1.54, 1.807) is 12.4 Å². The standard InChI is InChI=1S/2C47H29N3O.C44H26N2O/c1-3-13-32(14-4-1)45-48-46(33-15-5-2-6-16-33)50-47(49-45)34-25-23-31(24-26-34)37-20-11-21-40-42-29-41(36-27-22-30-12-7-8-17-35(30)28-36)38-18-9-10-19-39(38)44(42)51-43(37)40;1-2-13-34-31(11-1)12-9-16-35(34)38-17-10-18-39-41-29-40(36-14-3-4-15-37(36)47(41)51-46(38)39)32-23-21-30(22-24-32)33-27-44(42-19-5-7-25-48-42)50-45(28-33)43-20-6-8-26-49-43;1-2-14-32-27(9-1)10-6-17-33(32)36-18-7-19-37-39-26-38(34-15-3-4-16-35(34)44(39)47-43(36)37)30-11-5-12-31(25-30)40-23-22-29-21-20-28-13-8-24-45-41(28)42(29)46-40/h2*1-29H;1-26H. The molecule has 0 spiro atoms. The lowest BCUT2D eigenvalue weighted by atomic mass is 9.93. The molecule has 0 radical (unpaired) electrons. The highest BCUT2D eigenvalue weighted by Gasteiger charge is 2.26. The zero-order valence-electron chi connectivity index (χ0n) is 80.3. The lowest BCUT2D eigenvalue weighted by molar-refractivity contribution is 0.673. The van der Waals surface area contributed by atoms with Crippen LogP contribution in [0.15, 0.2) is 523 Å². The number of nitrogens with zero attached hydrogens (tertiary/aromatic N) is 8. The van der Waals surface area contributed by atoms with Gasteiger partial charge in [-0.2, -0.15) is 0 Å². The highest BCUT2D eigenvalue weighted by molar-refractivity contribution is 6.25. The monoisotopic (exact) mass is 1900 g/mol. The first-order valence-electron chi connectivity index (χ1n) is 50.1. The van der Waals surface area contributed by atoms with Crippen molar-refractivity contribution in [3.8, 4) is 146 Å². The lowest BCUT2D eigenvalue weighted by Gasteiger charge is -2.11. The number of fused-ring (bicyclic) bond motifs is 21. The van der Waals surface area contributed by atoms with Crippen LogP contribution in [0.3, 0.4) is 0 Å². The third-order valence-electron chi connectivity index (χ3n) is 29.0. The highest BCUT2D eigenvalue weighted by Crippen LogP contribution is 2.50. The van der Waals surface area contributed by atoms with E-state index in [1.165, 1.54) is 71.1 Å². The lowest BCUT2D eigenvalue weighted by Crippen LogP contribution is -2.00. The predicted molar refractivity (Wildman–Crippen MR) is 614 cm³/mol. The smallest absolute Gasteiger partial charge is 0.164 e. The minimum atomic E-state index is 0.629. The SMILES string of the molecule is c1cc(-c2ccc3ccc4cccnc4c3n2)cc(-c2cc3c4cccc(-c5cccc6ccccc56)c4oc3c3ccccc23)c1.c1ccc(-c2cc(-c3ccc(-c4cc5c6cccc(-c7cccc8ccccc78)c6oc5c5ccccc45)cc3)cc(-c3ccccn3)n2)nc1.c1ccc(-c2nc(-c3ccccc3)nc(-c3ccc(-c4cccc5c4oc4c6ccccc6c(-c6ccc7ccccc7c6)cc54)cc3)n2)cc1. The average Bonchev–Trinajstić information content (AvgIpc) is 1.59. The Bertz CT molecular complexity index is 10400. The second kappa shape index (κ2) is 36.7. The van der Waals surface area contributed by atoms with E-state index >= 15 is 0 Å². The maximum absolute atomic E-state index is 6.85. The maximum Gasteiger partial charge on any atom is 0.164 e. The van der Waals surface area contributed by atoms with Crippen LogP contribution in [-0.2, 0) is 0 Å². The summed E-state index contributed by atoms with van der Waals surface area (Å²) in [5.74, 6) is 1.92. The van der Waals surface area contributed by atoms with Crippen molar-refractivity contribution in [1.82, 2.24) is 39.9 Å². The Morgan fingerprint density at radius 1 is 0.128 bits per heavy atom. The number of pyridine rings is 5. The maximum atomic E-state index is 6.85. The van der Waals surface area contributed by atoms with Crippen molar-refractivity contribution in [3.63, 3.8) is 0 Å². The molecule has 9 aromatic heterocycles. The van der Waals surface area contributed by atoms with Gasteiger partial charge < -0.3 is 13.3 Å². The van der Waals surface area contributed by atoms with Crippen LogP contribution >= 0.6 is 0 Å². The molecule has 0 aliphatic carbocycles. The molecular formula is C138H84N8O3. The Balaban J connectivity index is 0.000000108. The van der Waals surface area contributed by atoms with Crippen LogP contribution in [-0.4, -0.2) is 39.9 Å². The van der Waals surface area contributed by atoms with Crippen LogP contribution in [0.2, 0.25) is 0 Å². The van der Waals surface area contributed by atoms with E-state index in [0.717, 1.165) is 210 Å². The zero-order chi connectivity index (χ0) is 98.4. The van der Waals surface area contributed by atoms with E-state index < -0.39 is 0 Å². The van der Waals surface area contributed by atoms with Crippen LogP contribution in [0.5, 0.6) is 0 Å². The largest absolute Gasteiger partial charge is 0.455 e. The summed E-state index contributed by atoms with van der Waals surface area (Å²) in [5.41, 5.74) is 31.1. The molecule has 0 saturated heterocycles. The molecule has 149 heavy (non-hydrogen) atoms. The molecule has 0 unspecified atom stereocenters. The molecule has 30 rings (SSSR count). The van der Waals surface area contributed by atoms with E-state index in [1.807, 2.05) is 109 Å². The summed E-state index contributed by atoms with van der Waals surface area (Å²) in [4.78, 5) is 38.6. The number of rotatable bonds is 13. The first kappa shape index (κ1) is 86.7. The third-order valence-corrected chi connectivity index (χ3v) is 29.0. The van der Waals surface area contributed by atoms with Gasteiger partial charge in [-0.05, 0) is 189 Å². The second-order valence-electron chi connectivity index (χ2n) is 37.7. The summed E-state index contributed by atoms with van der Waals surface area (Å²) >= 11 is 0. The second-order valence-corrected chi connectivity index (χ2v) is 37.7. The summed E-state index contributed by atoms with van der Waals surface area (Å²) in [5, 5.41) is 23.0. The number of hydrogen-bond acceptors (Lipinski definition) is 11. The van der Waals surface area contributed by atoms with Gasteiger partial charge in [-0.1, -0.05) is 413 Å². The average molecular weight is 1900 g/mol. The van der Waals surface area contributed by atoms with Crippen molar-refractivity contribution in [2.75, 3.05) is 0 Å². The minimum absolute atomic E-state index is 0.629. The van der Waals surface area contributed by atoms with E-state index in [4.69, 9.17) is 38.2 Å². The Kier molecular flexibility index (Phi) is 21.3. The van der Waals surface area contributed by atoms with Crippen molar-refractivity contribution < 1.29 is 13.3 Å². The van der Waals surface area contributed by atoms with Crippen molar-refractivity contribution in [2.24, 2.45) is 0 Å². The van der Waals surface area contributed by atoms with E-state index in [0.29, 0.717) is 17.5 Å².